The van der Waals surface area contributed by atoms with Crippen LogP contribution in [0.5, 0.6) is 0 Å². The molecular formula is C13H17F7O7S. The van der Waals surface area contributed by atoms with Gasteiger partial charge in [-0.1, -0.05) is 6.58 Å². The summed E-state index contributed by atoms with van der Waals surface area (Å²) in [6, 6.07) is 0. The van der Waals surface area contributed by atoms with Gasteiger partial charge in [0, 0.05) is 6.42 Å². The molecule has 28 heavy (non-hydrogen) atoms. The number of hydrogen-bond acceptors (Lipinski definition) is 6. The lowest BCUT2D eigenvalue weighted by Gasteiger charge is -2.31. The van der Waals surface area contributed by atoms with Gasteiger partial charge in [0.25, 0.3) is 0 Å². The largest absolute Gasteiger partial charge is 0.456 e. The molecule has 0 bridgehead atoms. The van der Waals surface area contributed by atoms with Crippen LogP contribution in [0.1, 0.15) is 20.3 Å². The van der Waals surface area contributed by atoms with Gasteiger partial charge < -0.3 is 14.6 Å². The molecule has 0 heterocycles. The molecule has 0 saturated heterocycles. The van der Waals surface area contributed by atoms with E-state index in [1.165, 1.54) is 0 Å². The third kappa shape index (κ3) is 6.02. The predicted molar refractivity (Wildman–Crippen MR) is 78.3 cm³/mol. The van der Waals surface area contributed by atoms with Crippen LogP contribution in [0, 0.1) is 0 Å². The number of halogens is 7. The maximum Gasteiger partial charge on any atom is 0.431 e. The summed E-state index contributed by atoms with van der Waals surface area (Å²) in [5.41, 5.74) is -4.11. The maximum absolute atomic E-state index is 13.2. The van der Waals surface area contributed by atoms with Gasteiger partial charge in [0.05, 0.1) is 18.8 Å². The third-order valence-electron chi connectivity index (χ3n) is 3.52. The molecule has 0 aromatic heterocycles. The average Bonchev–Trinajstić information content (AvgIpc) is 2.48. The summed E-state index contributed by atoms with van der Waals surface area (Å²) in [7, 11) is -6.41. The number of carbonyl (C=O) groups is 1. The van der Waals surface area contributed by atoms with E-state index in [0.717, 1.165) is 6.92 Å². The molecule has 166 valence electrons. The Hall–Kier alpha value is -1.45. The lowest BCUT2D eigenvalue weighted by Crippen LogP contribution is -2.52. The highest BCUT2D eigenvalue weighted by atomic mass is 32.2. The molecule has 0 rings (SSSR count). The number of rotatable bonds is 10. The van der Waals surface area contributed by atoms with Crippen molar-refractivity contribution in [3.05, 3.63) is 12.2 Å². The van der Waals surface area contributed by atoms with E-state index >= 15 is 0 Å². The first-order valence-electron chi connectivity index (χ1n) is 7.16. The van der Waals surface area contributed by atoms with Crippen LogP contribution in [0.4, 0.5) is 30.7 Å². The van der Waals surface area contributed by atoms with Crippen molar-refractivity contribution < 1.29 is 63.1 Å². The van der Waals surface area contributed by atoms with E-state index in [0.29, 0.717) is 6.92 Å². The Balaban J connectivity index is 4.67. The summed E-state index contributed by atoms with van der Waals surface area (Å²) in [5, 5.41) is 3.52. The summed E-state index contributed by atoms with van der Waals surface area (Å²) in [5.74, 6) is -6.71. The second-order valence-corrected chi connectivity index (χ2v) is 7.26. The molecule has 0 aliphatic heterocycles. The van der Waals surface area contributed by atoms with Crippen molar-refractivity contribution in [1.82, 2.24) is 0 Å². The first-order chi connectivity index (χ1) is 12.2. The number of ether oxygens (including phenoxy) is 2. The minimum atomic E-state index is -6.41. The van der Waals surface area contributed by atoms with Gasteiger partial charge in [-0.3, -0.25) is 4.55 Å². The SMILES string of the molecule is C=C(COCCC(F)(F)C(F)(F)S(=O)(=O)O)C(=O)OC(C)C(C)(O)C(F)(F)F. The van der Waals surface area contributed by atoms with Gasteiger partial charge in [-0.25, -0.2) is 4.79 Å². The lowest BCUT2D eigenvalue weighted by molar-refractivity contribution is -0.282. The molecule has 15 heteroatoms. The Labute approximate surface area is 154 Å². The molecule has 0 fully saturated rings. The van der Waals surface area contributed by atoms with E-state index < -0.39 is 70.4 Å². The zero-order valence-electron chi connectivity index (χ0n) is 14.4. The number of esters is 1. The fourth-order valence-electron chi connectivity index (χ4n) is 1.38. The second kappa shape index (κ2) is 8.51. The highest BCUT2D eigenvalue weighted by Gasteiger charge is 2.65. The molecule has 0 radical (unpaired) electrons. The molecule has 0 aromatic carbocycles. The van der Waals surface area contributed by atoms with Crippen LogP contribution >= 0.6 is 0 Å². The van der Waals surface area contributed by atoms with Gasteiger partial charge in [-0.05, 0) is 13.8 Å². The highest BCUT2D eigenvalue weighted by Crippen LogP contribution is 2.40. The van der Waals surface area contributed by atoms with Crippen LogP contribution in [0.25, 0.3) is 0 Å². The highest BCUT2D eigenvalue weighted by molar-refractivity contribution is 7.87. The van der Waals surface area contributed by atoms with Crippen LogP contribution in [0.2, 0.25) is 0 Å². The summed E-state index contributed by atoms with van der Waals surface area (Å²) in [4.78, 5) is 11.5. The van der Waals surface area contributed by atoms with Gasteiger partial charge in [0.15, 0.2) is 5.60 Å². The summed E-state index contributed by atoms with van der Waals surface area (Å²) in [6.07, 6.45) is -9.12. The Bertz CT molecular complexity index is 686. The predicted octanol–water partition coefficient (Wildman–Crippen LogP) is 2.31. The molecule has 0 aliphatic rings. The number of carbonyl (C=O) groups excluding carboxylic acids is 1. The van der Waals surface area contributed by atoms with Crippen molar-refractivity contribution in [3.8, 4) is 0 Å². The van der Waals surface area contributed by atoms with Crippen LogP contribution < -0.4 is 0 Å². The molecule has 0 spiro atoms. The topological polar surface area (TPSA) is 110 Å². The molecule has 0 saturated carbocycles. The average molecular weight is 450 g/mol. The summed E-state index contributed by atoms with van der Waals surface area (Å²) in [6.45, 7) is 1.92. The number of alkyl halides is 7. The minimum Gasteiger partial charge on any atom is -0.456 e. The summed E-state index contributed by atoms with van der Waals surface area (Å²) >= 11 is 0. The molecular weight excluding hydrogens is 433 g/mol. The van der Waals surface area contributed by atoms with E-state index in [4.69, 9.17) is 4.55 Å². The van der Waals surface area contributed by atoms with E-state index in [1.807, 2.05) is 0 Å². The first kappa shape index (κ1) is 26.6. The molecule has 7 nitrogen and oxygen atoms in total. The van der Waals surface area contributed by atoms with Crippen LogP contribution in [-0.2, 0) is 24.4 Å². The fourth-order valence-corrected chi connectivity index (χ4v) is 1.86. The molecule has 2 atom stereocenters. The fraction of sp³-hybridized carbons (Fsp3) is 0.769. The Kier molecular flexibility index (Phi) is 8.06. The standard InChI is InChI=1S/C13H17F7O7S/c1-7(9(21)27-8(2)10(3,22)12(16,17)18)6-26-5-4-11(14,15)13(19,20)28(23,24)25/h8,22H,1,4-6H2,2-3H3,(H,23,24,25). The Morgan fingerprint density at radius 1 is 1.14 bits per heavy atom. The number of aliphatic hydroxyl groups is 1. The van der Waals surface area contributed by atoms with Gasteiger partial charge in [-0.15, -0.1) is 0 Å². The monoisotopic (exact) mass is 450 g/mol. The molecule has 0 aromatic rings. The third-order valence-corrected chi connectivity index (χ3v) is 4.47. The quantitative estimate of drug-likeness (QED) is 0.173. The van der Waals surface area contributed by atoms with Crippen molar-refractivity contribution in [2.24, 2.45) is 0 Å². The smallest absolute Gasteiger partial charge is 0.431 e. The van der Waals surface area contributed by atoms with E-state index in [1.54, 1.807) is 0 Å². The molecule has 0 aliphatic carbocycles. The van der Waals surface area contributed by atoms with Gasteiger partial charge in [-0.2, -0.15) is 39.2 Å². The van der Waals surface area contributed by atoms with Gasteiger partial charge in [0.2, 0.25) is 0 Å². The summed E-state index contributed by atoms with van der Waals surface area (Å²) < 4.78 is 127. The normalized spacial score (nSPS) is 17.0. The Morgan fingerprint density at radius 2 is 1.61 bits per heavy atom. The molecule has 2 N–H and O–H groups in total. The lowest BCUT2D eigenvalue weighted by atomic mass is 10.00. The zero-order valence-corrected chi connectivity index (χ0v) is 15.2. The van der Waals surface area contributed by atoms with E-state index in [-0.39, 0.29) is 0 Å². The van der Waals surface area contributed by atoms with Crippen LogP contribution in [-0.4, -0.2) is 66.3 Å². The van der Waals surface area contributed by atoms with Crippen LogP contribution in [0.3, 0.4) is 0 Å². The van der Waals surface area contributed by atoms with Crippen molar-refractivity contribution in [2.75, 3.05) is 13.2 Å². The van der Waals surface area contributed by atoms with Gasteiger partial charge >= 0.3 is 33.4 Å². The van der Waals surface area contributed by atoms with Crippen molar-refractivity contribution in [3.63, 3.8) is 0 Å². The molecule has 2 unspecified atom stereocenters. The van der Waals surface area contributed by atoms with Gasteiger partial charge in [0.1, 0.15) is 6.10 Å². The minimum absolute atomic E-state index is 0.335. The van der Waals surface area contributed by atoms with E-state index in [9.17, 15) is 49.1 Å². The number of hydrogen-bond donors (Lipinski definition) is 2. The molecule has 0 amide bonds. The van der Waals surface area contributed by atoms with Crippen molar-refractivity contribution >= 4 is 16.1 Å². The zero-order chi connectivity index (χ0) is 22.8. The van der Waals surface area contributed by atoms with Crippen molar-refractivity contribution in [1.29, 1.82) is 0 Å². The Morgan fingerprint density at radius 3 is 2.00 bits per heavy atom. The maximum atomic E-state index is 13.2. The first-order valence-corrected chi connectivity index (χ1v) is 8.60. The van der Waals surface area contributed by atoms with E-state index in [2.05, 4.69) is 16.1 Å². The second-order valence-electron chi connectivity index (χ2n) is 5.80. The van der Waals surface area contributed by atoms with Crippen LogP contribution in [0.15, 0.2) is 12.2 Å². The van der Waals surface area contributed by atoms with Crippen molar-refractivity contribution in [2.45, 2.75) is 49.3 Å².